The molecule has 0 amide bonds. The summed E-state index contributed by atoms with van der Waals surface area (Å²) < 4.78 is 0. The normalized spacial score (nSPS) is 24.5. The van der Waals surface area contributed by atoms with Gasteiger partial charge in [-0.05, 0) is 12.0 Å². The van der Waals surface area contributed by atoms with E-state index in [2.05, 4.69) is 6.07 Å². The first kappa shape index (κ1) is 11.7. The molecule has 1 saturated carbocycles. The third-order valence-electron chi connectivity index (χ3n) is 3.82. The molecule has 0 saturated heterocycles. The molecule has 19 heavy (non-hydrogen) atoms. The van der Waals surface area contributed by atoms with E-state index in [0.29, 0.717) is 12.0 Å². The molecule has 1 aliphatic rings. The summed E-state index contributed by atoms with van der Waals surface area (Å²) in [6.45, 7) is 0. The summed E-state index contributed by atoms with van der Waals surface area (Å²) in [6, 6.07) is 21.2. The van der Waals surface area contributed by atoms with E-state index in [1.807, 2.05) is 60.7 Å². The fraction of sp³-hybridized carbons (Fsp3) is 0.176. The molecule has 3 rings (SSSR count). The third kappa shape index (κ3) is 1.84. The summed E-state index contributed by atoms with van der Waals surface area (Å²) in [5.74, 6) is -0.131. The van der Waals surface area contributed by atoms with Crippen molar-refractivity contribution in [1.82, 2.24) is 0 Å². The van der Waals surface area contributed by atoms with Gasteiger partial charge in [0.2, 0.25) is 0 Å². The molecule has 1 aliphatic carbocycles. The maximum absolute atomic E-state index is 12.4. The lowest BCUT2D eigenvalue weighted by Crippen LogP contribution is -2.13. The lowest BCUT2D eigenvalue weighted by Gasteiger charge is -2.08. The van der Waals surface area contributed by atoms with E-state index < -0.39 is 5.41 Å². The lowest BCUT2D eigenvalue weighted by molar-refractivity contribution is 0.0961. The minimum absolute atomic E-state index is 0.0750. The van der Waals surface area contributed by atoms with Crippen molar-refractivity contribution in [1.29, 1.82) is 5.26 Å². The number of carbonyl (C=O) groups excluding carboxylic acids is 1. The molecule has 1 fully saturated rings. The van der Waals surface area contributed by atoms with Crippen molar-refractivity contribution in [3.63, 3.8) is 0 Å². The highest BCUT2D eigenvalue weighted by Gasteiger charge is 2.59. The number of nitrogens with zero attached hydrogens (tertiary/aromatic N) is 1. The van der Waals surface area contributed by atoms with Crippen LogP contribution in [0.15, 0.2) is 60.7 Å². The van der Waals surface area contributed by atoms with Crippen LogP contribution in [0.1, 0.15) is 22.3 Å². The molecule has 2 nitrogen and oxygen atoms in total. The molecule has 0 aromatic heterocycles. The first-order valence-corrected chi connectivity index (χ1v) is 6.34. The molecule has 2 aromatic rings. The Morgan fingerprint density at radius 2 is 1.63 bits per heavy atom. The van der Waals surface area contributed by atoms with Gasteiger partial charge in [-0.3, -0.25) is 4.79 Å². The van der Waals surface area contributed by atoms with Crippen molar-refractivity contribution in [3.05, 3.63) is 71.8 Å². The van der Waals surface area contributed by atoms with E-state index in [0.717, 1.165) is 5.56 Å². The fourth-order valence-electron chi connectivity index (χ4n) is 2.63. The molecule has 0 spiro atoms. The zero-order valence-electron chi connectivity index (χ0n) is 10.4. The fourth-order valence-corrected chi connectivity index (χ4v) is 2.63. The van der Waals surface area contributed by atoms with Crippen molar-refractivity contribution < 1.29 is 4.79 Å². The van der Waals surface area contributed by atoms with Crippen LogP contribution in [0.4, 0.5) is 0 Å². The number of benzene rings is 2. The van der Waals surface area contributed by atoms with Gasteiger partial charge >= 0.3 is 0 Å². The number of rotatable bonds is 3. The molecule has 0 bridgehead atoms. The van der Waals surface area contributed by atoms with Gasteiger partial charge in [0.25, 0.3) is 0 Å². The predicted octanol–water partition coefficient (Wildman–Crippen LogP) is 3.35. The van der Waals surface area contributed by atoms with Crippen LogP contribution in [0.5, 0.6) is 0 Å². The first-order chi connectivity index (χ1) is 9.28. The maximum atomic E-state index is 12.4. The number of ketones is 1. The standard InChI is InChI=1S/C17H13NO/c18-12-17(14-9-5-2-6-10-14)11-15(17)16(19)13-7-3-1-4-8-13/h1-10,15H,11H2/t15-,17-/m1/s1. The van der Waals surface area contributed by atoms with Gasteiger partial charge < -0.3 is 0 Å². The van der Waals surface area contributed by atoms with Gasteiger partial charge in [-0.15, -0.1) is 0 Å². The Morgan fingerprint density at radius 3 is 2.21 bits per heavy atom. The molecule has 0 N–H and O–H groups in total. The number of hydrogen-bond donors (Lipinski definition) is 0. The van der Waals surface area contributed by atoms with Gasteiger partial charge in [0, 0.05) is 11.5 Å². The van der Waals surface area contributed by atoms with E-state index in [1.165, 1.54) is 0 Å². The maximum Gasteiger partial charge on any atom is 0.167 e. The second kappa shape index (κ2) is 4.37. The minimum atomic E-state index is -0.617. The van der Waals surface area contributed by atoms with Gasteiger partial charge in [-0.25, -0.2) is 0 Å². The van der Waals surface area contributed by atoms with E-state index in [1.54, 1.807) is 0 Å². The monoisotopic (exact) mass is 247 g/mol. The smallest absolute Gasteiger partial charge is 0.167 e. The van der Waals surface area contributed by atoms with Crippen molar-refractivity contribution >= 4 is 5.78 Å². The van der Waals surface area contributed by atoms with Gasteiger partial charge in [-0.2, -0.15) is 5.26 Å². The highest BCUT2D eigenvalue weighted by Crippen LogP contribution is 2.55. The molecular weight excluding hydrogens is 234 g/mol. The average molecular weight is 247 g/mol. The summed E-state index contributed by atoms with van der Waals surface area (Å²) in [7, 11) is 0. The van der Waals surface area contributed by atoms with E-state index >= 15 is 0 Å². The van der Waals surface area contributed by atoms with Crippen molar-refractivity contribution in [3.8, 4) is 6.07 Å². The summed E-state index contributed by atoms with van der Waals surface area (Å²) in [6.07, 6.45) is 0.626. The zero-order valence-corrected chi connectivity index (χ0v) is 10.4. The molecule has 0 heterocycles. The van der Waals surface area contributed by atoms with Gasteiger partial charge in [0.05, 0.1) is 11.5 Å². The molecule has 0 radical (unpaired) electrons. The van der Waals surface area contributed by atoms with Crippen LogP contribution >= 0.6 is 0 Å². The molecule has 92 valence electrons. The van der Waals surface area contributed by atoms with Crippen LogP contribution in [0, 0.1) is 17.2 Å². The van der Waals surface area contributed by atoms with Crippen LogP contribution < -0.4 is 0 Å². The molecule has 0 aliphatic heterocycles. The molecule has 2 heteroatoms. The van der Waals surface area contributed by atoms with E-state index in [-0.39, 0.29) is 11.7 Å². The SMILES string of the molecule is N#C[C@@]1(c2ccccc2)C[C@@H]1C(=O)c1ccccc1. The quantitative estimate of drug-likeness (QED) is 0.780. The Balaban J connectivity index is 1.91. The van der Waals surface area contributed by atoms with Crippen molar-refractivity contribution in [2.75, 3.05) is 0 Å². The minimum Gasteiger partial charge on any atom is -0.294 e. The second-order valence-electron chi connectivity index (χ2n) is 4.94. The van der Waals surface area contributed by atoms with Crippen LogP contribution in [-0.4, -0.2) is 5.78 Å². The number of hydrogen-bond acceptors (Lipinski definition) is 2. The topological polar surface area (TPSA) is 40.9 Å². The van der Waals surface area contributed by atoms with Gasteiger partial charge in [0.15, 0.2) is 5.78 Å². The summed E-state index contributed by atoms with van der Waals surface area (Å²) in [5, 5.41) is 9.47. The Hall–Kier alpha value is -2.40. The van der Waals surface area contributed by atoms with Crippen LogP contribution in [0.2, 0.25) is 0 Å². The van der Waals surface area contributed by atoms with Gasteiger partial charge in [0.1, 0.15) is 0 Å². The third-order valence-corrected chi connectivity index (χ3v) is 3.82. The number of nitriles is 1. The molecule has 2 atom stereocenters. The highest BCUT2D eigenvalue weighted by atomic mass is 16.1. The molecule has 0 unspecified atom stereocenters. The van der Waals surface area contributed by atoms with Crippen LogP contribution in [0.25, 0.3) is 0 Å². The summed E-state index contributed by atoms with van der Waals surface area (Å²) in [4.78, 5) is 12.4. The Labute approximate surface area is 112 Å². The predicted molar refractivity (Wildman–Crippen MR) is 72.6 cm³/mol. The van der Waals surface area contributed by atoms with Crippen molar-refractivity contribution in [2.24, 2.45) is 5.92 Å². The van der Waals surface area contributed by atoms with Crippen molar-refractivity contribution in [2.45, 2.75) is 11.8 Å². The average Bonchev–Trinajstić information content (AvgIpc) is 3.24. The lowest BCUT2D eigenvalue weighted by atomic mass is 9.92. The Bertz CT molecular complexity index is 642. The largest absolute Gasteiger partial charge is 0.294 e. The molecule has 2 aromatic carbocycles. The highest BCUT2D eigenvalue weighted by molar-refractivity contribution is 6.01. The summed E-state index contributed by atoms with van der Waals surface area (Å²) in [5.41, 5.74) is 1.03. The van der Waals surface area contributed by atoms with Gasteiger partial charge in [-0.1, -0.05) is 60.7 Å². The Morgan fingerprint density at radius 1 is 1.05 bits per heavy atom. The number of carbonyl (C=O) groups is 1. The summed E-state index contributed by atoms with van der Waals surface area (Å²) >= 11 is 0. The number of Topliss-reactive ketones (excluding diaryl/α,β-unsaturated/α-hetero) is 1. The van der Waals surface area contributed by atoms with E-state index in [9.17, 15) is 10.1 Å². The zero-order chi connectivity index (χ0) is 13.3. The van der Waals surface area contributed by atoms with Crippen LogP contribution in [0.3, 0.4) is 0 Å². The first-order valence-electron chi connectivity index (χ1n) is 6.34. The van der Waals surface area contributed by atoms with E-state index in [4.69, 9.17) is 0 Å². The molecular formula is C17H13NO. The second-order valence-corrected chi connectivity index (χ2v) is 4.94. The van der Waals surface area contributed by atoms with Crippen LogP contribution in [-0.2, 0) is 5.41 Å². The Kier molecular flexibility index (Phi) is 2.68.